The molecule has 0 heterocycles. The summed E-state index contributed by atoms with van der Waals surface area (Å²) in [6, 6.07) is 6.43. The molecule has 0 aliphatic rings. The molecule has 3 heteroatoms. The van der Waals surface area contributed by atoms with Gasteiger partial charge >= 0.3 is 0 Å². The molecular formula is C13H20FNO. The highest BCUT2D eigenvalue weighted by Crippen LogP contribution is 2.36. The summed E-state index contributed by atoms with van der Waals surface area (Å²) in [7, 11) is 0. The van der Waals surface area contributed by atoms with E-state index < -0.39 is 11.0 Å². The lowest BCUT2D eigenvalue weighted by Gasteiger charge is -2.42. The molecule has 0 fully saturated rings. The van der Waals surface area contributed by atoms with Gasteiger partial charge in [0.15, 0.2) is 0 Å². The van der Waals surface area contributed by atoms with E-state index in [2.05, 4.69) is 0 Å². The van der Waals surface area contributed by atoms with E-state index in [0.717, 1.165) is 5.56 Å². The van der Waals surface area contributed by atoms with E-state index in [1.165, 1.54) is 12.1 Å². The average molecular weight is 225 g/mol. The van der Waals surface area contributed by atoms with E-state index in [0.29, 0.717) is 6.42 Å². The van der Waals surface area contributed by atoms with Crippen molar-refractivity contribution in [3.63, 3.8) is 0 Å². The Hall–Kier alpha value is -0.930. The van der Waals surface area contributed by atoms with Crippen molar-refractivity contribution in [1.82, 2.24) is 0 Å². The summed E-state index contributed by atoms with van der Waals surface area (Å²) in [5, 5.41) is 9.15. The lowest BCUT2D eigenvalue weighted by Crippen LogP contribution is -2.52. The monoisotopic (exact) mass is 225 g/mol. The summed E-state index contributed by atoms with van der Waals surface area (Å²) < 4.78 is 13.2. The maximum atomic E-state index is 13.2. The Morgan fingerprint density at radius 2 is 1.94 bits per heavy atom. The summed E-state index contributed by atoms with van der Waals surface area (Å²) >= 11 is 0. The minimum Gasteiger partial charge on any atom is -0.396 e. The minimum atomic E-state index is -0.524. The molecule has 1 unspecified atom stereocenters. The SMILES string of the molecule is CC(C)(N)C(C)(CCO)c1cccc(F)c1. The smallest absolute Gasteiger partial charge is 0.123 e. The van der Waals surface area contributed by atoms with Crippen LogP contribution < -0.4 is 5.73 Å². The topological polar surface area (TPSA) is 46.2 Å². The Labute approximate surface area is 96.3 Å². The summed E-state index contributed by atoms with van der Waals surface area (Å²) in [5.41, 5.74) is 6.01. The molecule has 0 bridgehead atoms. The Balaban J connectivity index is 3.21. The lowest BCUT2D eigenvalue weighted by atomic mass is 9.67. The molecule has 0 aliphatic heterocycles. The van der Waals surface area contributed by atoms with Crippen LogP contribution >= 0.6 is 0 Å². The standard InChI is InChI=1S/C13H20FNO/c1-12(2,15)13(3,7-8-16)10-5-4-6-11(14)9-10/h4-6,9,16H,7-8,15H2,1-3H3. The summed E-state index contributed by atoms with van der Waals surface area (Å²) in [6.07, 6.45) is 0.514. The van der Waals surface area contributed by atoms with Gasteiger partial charge in [0.1, 0.15) is 5.82 Å². The first-order valence-electron chi connectivity index (χ1n) is 5.47. The van der Waals surface area contributed by atoms with Gasteiger partial charge in [0, 0.05) is 17.6 Å². The largest absolute Gasteiger partial charge is 0.396 e. The zero-order valence-corrected chi connectivity index (χ0v) is 10.1. The van der Waals surface area contributed by atoms with E-state index >= 15 is 0 Å². The molecule has 0 aliphatic carbocycles. The molecule has 0 amide bonds. The van der Waals surface area contributed by atoms with Crippen LogP contribution in [0.3, 0.4) is 0 Å². The van der Waals surface area contributed by atoms with E-state index in [-0.39, 0.29) is 12.4 Å². The van der Waals surface area contributed by atoms with Crippen LogP contribution in [-0.4, -0.2) is 17.3 Å². The zero-order chi connectivity index (χ0) is 12.4. The van der Waals surface area contributed by atoms with Crippen molar-refractivity contribution in [2.75, 3.05) is 6.61 Å². The van der Waals surface area contributed by atoms with Crippen LogP contribution in [0.5, 0.6) is 0 Å². The van der Waals surface area contributed by atoms with Gasteiger partial charge in [-0.2, -0.15) is 0 Å². The average Bonchev–Trinajstić information content (AvgIpc) is 2.16. The van der Waals surface area contributed by atoms with Crippen molar-refractivity contribution in [2.24, 2.45) is 5.73 Å². The van der Waals surface area contributed by atoms with E-state index in [1.807, 2.05) is 26.8 Å². The van der Waals surface area contributed by atoms with Gasteiger partial charge in [-0.15, -0.1) is 0 Å². The van der Waals surface area contributed by atoms with Gasteiger partial charge in [0.2, 0.25) is 0 Å². The minimum absolute atomic E-state index is 0.0354. The third-order valence-corrected chi connectivity index (χ3v) is 3.50. The summed E-state index contributed by atoms with van der Waals surface area (Å²) in [6.45, 7) is 5.78. The van der Waals surface area contributed by atoms with Crippen molar-refractivity contribution in [1.29, 1.82) is 0 Å². The van der Waals surface area contributed by atoms with Crippen molar-refractivity contribution in [2.45, 2.75) is 38.1 Å². The van der Waals surface area contributed by atoms with Crippen molar-refractivity contribution >= 4 is 0 Å². The number of aliphatic hydroxyl groups excluding tert-OH is 1. The van der Waals surface area contributed by atoms with Gasteiger partial charge in [-0.25, -0.2) is 4.39 Å². The fraction of sp³-hybridized carbons (Fsp3) is 0.538. The van der Waals surface area contributed by atoms with Gasteiger partial charge in [-0.1, -0.05) is 19.1 Å². The summed E-state index contributed by atoms with van der Waals surface area (Å²) in [4.78, 5) is 0. The van der Waals surface area contributed by atoms with Crippen molar-refractivity contribution in [3.8, 4) is 0 Å². The normalized spacial score (nSPS) is 15.9. The fourth-order valence-corrected chi connectivity index (χ4v) is 1.89. The van der Waals surface area contributed by atoms with E-state index in [1.54, 1.807) is 6.07 Å². The number of rotatable bonds is 4. The second-order valence-electron chi connectivity index (χ2n) is 5.04. The number of benzene rings is 1. The van der Waals surface area contributed by atoms with Gasteiger partial charge in [0.05, 0.1) is 0 Å². The molecule has 1 atom stereocenters. The molecule has 1 aromatic carbocycles. The third-order valence-electron chi connectivity index (χ3n) is 3.50. The predicted molar refractivity (Wildman–Crippen MR) is 63.7 cm³/mol. The molecule has 1 rings (SSSR count). The highest BCUT2D eigenvalue weighted by atomic mass is 19.1. The number of halogens is 1. The van der Waals surface area contributed by atoms with Crippen LogP contribution in [-0.2, 0) is 5.41 Å². The second kappa shape index (κ2) is 4.52. The number of nitrogens with two attached hydrogens (primary N) is 1. The van der Waals surface area contributed by atoms with Crippen molar-refractivity contribution < 1.29 is 9.50 Å². The predicted octanol–water partition coefficient (Wildman–Crippen LogP) is 2.20. The molecule has 0 spiro atoms. The first-order valence-corrected chi connectivity index (χ1v) is 5.47. The van der Waals surface area contributed by atoms with Crippen LogP contribution in [0.2, 0.25) is 0 Å². The Kier molecular flexibility index (Phi) is 3.71. The van der Waals surface area contributed by atoms with Crippen molar-refractivity contribution in [3.05, 3.63) is 35.6 Å². The molecule has 90 valence electrons. The van der Waals surface area contributed by atoms with Gasteiger partial charge in [-0.05, 0) is 38.0 Å². The molecular weight excluding hydrogens is 205 g/mol. The third kappa shape index (κ3) is 2.42. The Morgan fingerprint density at radius 3 is 2.38 bits per heavy atom. The Bertz CT molecular complexity index is 359. The van der Waals surface area contributed by atoms with Gasteiger partial charge in [0.25, 0.3) is 0 Å². The van der Waals surface area contributed by atoms with E-state index in [9.17, 15) is 4.39 Å². The molecule has 0 saturated heterocycles. The van der Waals surface area contributed by atoms with Crippen LogP contribution in [0.4, 0.5) is 4.39 Å². The summed E-state index contributed by atoms with van der Waals surface area (Å²) in [5.74, 6) is -0.272. The van der Waals surface area contributed by atoms with E-state index in [4.69, 9.17) is 10.8 Å². The quantitative estimate of drug-likeness (QED) is 0.825. The number of hydrogen-bond acceptors (Lipinski definition) is 2. The molecule has 0 saturated carbocycles. The highest BCUT2D eigenvalue weighted by molar-refractivity contribution is 5.29. The molecule has 0 aromatic heterocycles. The van der Waals surface area contributed by atoms with Gasteiger partial charge in [-0.3, -0.25) is 0 Å². The first-order chi connectivity index (χ1) is 7.31. The molecule has 1 aromatic rings. The van der Waals surface area contributed by atoms with Crippen LogP contribution in [0, 0.1) is 5.82 Å². The maximum Gasteiger partial charge on any atom is 0.123 e. The molecule has 0 radical (unpaired) electrons. The Morgan fingerprint density at radius 1 is 1.31 bits per heavy atom. The fourth-order valence-electron chi connectivity index (χ4n) is 1.89. The number of aliphatic hydroxyl groups is 1. The van der Waals surface area contributed by atoms with Gasteiger partial charge < -0.3 is 10.8 Å². The molecule has 3 N–H and O–H groups in total. The maximum absolute atomic E-state index is 13.2. The lowest BCUT2D eigenvalue weighted by molar-refractivity contribution is 0.190. The first kappa shape index (κ1) is 13.1. The second-order valence-corrected chi connectivity index (χ2v) is 5.04. The van der Waals surface area contributed by atoms with Crippen LogP contribution in [0.1, 0.15) is 32.8 Å². The molecule has 2 nitrogen and oxygen atoms in total. The molecule has 16 heavy (non-hydrogen) atoms. The highest BCUT2D eigenvalue weighted by Gasteiger charge is 2.39. The van der Waals surface area contributed by atoms with Crippen LogP contribution in [0.15, 0.2) is 24.3 Å². The van der Waals surface area contributed by atoms with Crippen LogP contribution in [0.25, 0.3) is 0 Å². The zero-order valence-electron chi connectivity index (χ0n) is 10.1. The number of hydrogen-bond donors (Lipinski definition) is 2.